The lowest BCUT2D eigenvalue weighted by Gasteiger charge is -2.02. The smallest absolute Gasteiger partial charge is 0.399 e. The van der Waals surface area contributed by atoms with E-state index in [1.807, 2.05) is 32.9 Å². The van der Waals surface area contributed by atoms with E-state index in [1.165, 1.54) is 5.56 Å². The molecule has 0 saturated carbocycles. The highest BCUT2D eigenvalue weighted by molar-refractivity contribution is 7.81. The quantitative estimate of drug-likeness (QED) is 0.874. The van der Waals surface area contributed by atoms with E-state index in [0.29, 0.717) is 18.6 Å². The third-order valence-corrected chi connectivity index (χ3v) is 2.81. The fourth-order valence-electron chi connectivity index (χ4n) is 0.950. The predicted octanol–water partition coefficient (Wildman–Crippen LogP) is 2.94. The Morgan fingerprint density at radius 3 is 1.70 bits per heavy atom. The van der Waals surface area contributed by atoms with Gasteiger partial charge in [0.25, 0.3) is 0 Å². The van der Waals surface area contributed by atoms with Crippen LogP contribution >= 0.6 is 0 Å². The second-order valence-electron chi connectivity index (χ2n) is 3.89. The Bertz CT molecular complexity index is 396. The first-order chi connectivity index (χ1) is 8.91. The summed E-state index contributed by atoms with van der Waals surface area (Å²) in [4.78, 5) is 0. The zero-order valence-electron chi connectivity index (χ0n) is 12.0. The van der Waals surface area contributed by atoms with Gasteiger partial charge in [0.1, 0.15) is 5.75 Å². The molecule has 0 fully saturated rings. The standard InChI is InChI=1S/C7H8O.C6H14O4S.FH/c1-6-2-4-7(8)5-3-6;1-3-5-9-11(7,8)10-6-4-2;/h2-5,8H,1H3;3-6H2,1-2H3;1H. The van der Waals surface area contributed by atoms with Crippen molar-refractivity contribution < 1.29 is 26.6 Å². The second-order valence-corrected chi connectivity index (χ2v) is 5.18. The molecular weight excluding hydrogens is 287 g/mol. The molecule has 1 N–H and O–H groups in total. The maximum absolute atomic E-state index is 10.7. The maximum atomic E-state index is 10.7. The molecule has 0 atom stereocenters. The molecule has 0 heterocycles. The number of aromatic hydroxyl groups is 1. The Kier molecular flexibility index (Phi) is 12.3. The Morgan fingerprint density at radius 1 is 1.00 bits per heavy atom. The van der Waals surface area contributed by atoms with Crippen molar-refractivity contribution in [3.8, 4) is 5.75 Å². The number of aryl methyl sites for hydroxylation is 1. The van der Waals surface area contributed by atoms with Crippen LogP contribution in [0.4, 0.5) is 4.70 Å². The van der Waals surface area contributed by atoms with Crippen LogP contribution in [-0.4, -0.2) is 26.7 Å². The van der Waals surface area contributed by atoms with Crippen molar-refractivity contribution in [2.45, 2.75) is 33.6 Å². The molecule has 7 heteroatoms. The van der Waals surface area contributed by atoms with E-state index in [-0.39, 0.29) is 17.9 Å². The minimum atomic E-state index is -3.71. The van der Waals surface area contributed by atoms with Crippen LogP contribution in [0, 0.1) is 6.92 Å². The number of benzene rings is 1. The predicted molar refractivity (Wildman–Crippen MR) is 76.8 cm³/mol. The highest BCUT2D eigenvalue weighted by Gasteiger charge is 2.09. The normalized spacial score (nSPS) is 10.2. The van der Waals surface area contributed by atoms with Crippen LogP contribution < -0.4 is 0 Å². The van der Waals surface area contributed by atoms with Gasteiger partial charge in [0.2, 0.25) is 0 Å². The molecule has 0 radical (unpaired) electrons. The van der Waals surface area contributed by atoms with Gasteiger partial charge in [-0.1, -0.05) is 31.5 Å². The lowest BCUT2D eigenvalue weighted by molar-refractivity contribution is 0.215. The molecule has 0 spiro atoms. The summed E-state index contributed by atoms with van der Waals surface area (Å²) in [6.45, 7) is 6.02. The highest BCUT2D eigenvalue weighted by atomic mass is 32.3. The fraction of sp³-hybridized carbons (Fsp3) is 0.538. The molecule has 0 bridgehead atoms. The van der Waals surface area contributed by atoms with Crippen molar-refractivity contribution in [2.75, 3.05) is 13.2 Å². The molecule has 1 aromatic carbocycles. The summed E-state index contributed by atoms with van der Waals surface area (Å²) in [5.74, 6) is 0.329. The molecule has 118 valence electrons. The Morgan fingerprint density at radius 2 is 1.40 bits per heavy atom. The number of phenols is 1. The number of hydrogen-bond acceptors (Lipinski definition) is 5. The van der Waals surface area contributed by atoms with Gasteiger partial charge in [0, 0.05) is 0 Å². The minimum absolute atomic E-state index is 0. The Hall–Kier alpha value is -1.18. The molecule has 20 heavy (non-hydrogen) atoms. The number of rotatable bonds is 6. The lowest BCUT2D eigenvalue weighted by Crippen LogP contribution is -2.11. The summed E-state index contributed by atoms with van der Waals surface area (Å²) < 4.78 is 30.3. The molecule has 0 amide bonds. The number of phenolic OH excluding ortho intramolecular Hbond substituents is 1. The average molecular weight is 310 g/mol. The van der Waals surface area contributed by atoms with Crippen LogP contribution in [0.3, 0.4) is 0 Å². The van der Waals surface area contributed by atoms with E-state index in [1.54, 1.807) is 12.1 Å². The molecule has 1 rings (SSSR count). The van der Waals surface area contributed by atoms with Gasteiger partial charge in [-0.25, -0.2) is 8.37 Å². The highest BCUT2D eigenvalue weighted by Crippen LogP contribution is 2.07. The average Bonchev–Trinajstić information content (AvgIpc) is 2.38. The van der Waals surface area contributed by atoms with Gasteiger partial charge in [0.05, 0.1) is 13.2 Å². The van der Waals surface area contributed by atoms with Crippen molar-refractivity contribution in [1.82, 2.24) is 0 Å². The van der Waals surface area contributed by atoms with Gasteiger partial charge in [-0.05, 0) is 31.9 Å². The molecule has 0 unspecified atom stereocenters. The lowest BCUT2D eigenvalue weighted by atomic mass is 10.2. The summed E-state index contributed by atoms with van der Waals surface area (Å²) >= 11 is 0. The fourth-order valence-corrected chi connectivity index (χ4v) is 1.76. The van der Waals surface area contributed by atoms with Crippen LogP contribution in [0.2, 0.25) is 0 Å². The van der Waals surface area contributed by atoms with Crippen LogP contribution in [0.25, 0.3) is 0 Å². The molecule has 0 aliphatic rings. The SMILES string of the molecule is CCCOS(=O)(=O)OCCC.Cc1ccc(O)cc1.F. The van der Waals surface area contributed by atoms with Crippen LogP contribution in [0.5, 0.6) is 5.75 Å². The first-order valence-electron chi connectivity index (χ1n) is 6.20. The number of hydrogen-bond donors (Lipinski definition) is 1. The molecule has 0 aliphatic carbocycles. The van der Waals surface area contributed by atoms with Crippen molar-refractivity contribution in [2.24, 2.45) is 0 Å². The second kappa shape index (κ2) is 11.6. The summed E-state index contributed by atoms with van der Waals surface area (Å²) in [5, 5.41) is 8.76. The zero-order valence-corrected chi connectivity index (χ0v) is 12.9. The molecule has 0 aliphatic heterocycles. The van der Waals surface area contributed by atoms with E-state index in [4.69, 9.17) is 5.11 Å². The third kappa shape index (κ3) is 11.9. The maximum Gasteiger partial charge on any atom is 0.399 e. The van der Waals surface area contributed by atoms with Gasteiger partial charge >= 0.3 is 10.4 Å². The monoisotopic (exact) mass is 310 g/mol. The van der Waals surface area contributed by atoms with Crippen molar-refractivity contribution >= 4 is 10.4 Å². The summed E-state index contributed by atoms with van der Waals surface area (Å²) in [5.41, 5.74) is 1.17. The van der Waals surface area contributed by atoms with Gasteiger partial charge in [0.15, 0.2) is 0 Å². The molecule has 5 nitrogen and oxygen atoms in total. The summed E-state index contributed by atoms with van der Waals surface area (Å²) in [7, 11) is -3.71. The van der Waals surface area contributed by atoms with E-state index in [9.17, 15) is 8.42 Å². The number of halogens is 1. The van der Waals surface area contributed by atoms with Gasteiger partial charge in [-0.3, -0.25) is 4.70 Å². The van der Waals surface area contributed by atoms with Gasteiger partial charge in [-0.15, -0.1) is 0 Å². The van der Waals surface area contributed by atoms with Crippen LogP contribution in [0.15, 0.2) is 24.3 Å². The molecule has 0 saturated heterocycles. The molecule has 1 aromatic rings. The van der Waals surface area contributed by atoms with E-state index < -0.39 is 10.4 Å². The minimum Gasteiger partial charge on any atom is -0.508 e. The van der Waals surface area contributed by atoms with Crippen LogP contribution in [-0.2, 0) is 18.8 Å². The Balaban J connectivity index is 0. The van der Waals surface area contributed by atoms with E-state index >= 15 is 0 Å². The summed E-state index contributed by atoms with van der Waals surface area (Å²) in [6, 6.07) is 7.09. The molecular formula is C13H23FO5S. The van der Waals surface area contributed by atoms with Crippen molar-refractivity contribution in [3.05, 3.63) is 29.8 Å². The first-order valence-corrected chi connectivity index (χ1v) is 7.54. The summed E-state index contributed by atoms with van der Waals surface area (Å²) in [6.07, 6.45) is 1.32. The van der Waals surface area contributed by atoms with E-state index in [0.717, 1.165) is 0 Å². The molecule has 0 aromatic heterocycles. The topological polar surface area (TPSA) is 72.8 Å². The zero-order chi connectivity index (χ0) is 14.7. The van der Waals surface area contributed by atoms with Gasteiger partial charge in [-0.2, -0.15) is 8.42 Å². The van der Waals surface area contributed by atoms with Crippen LogP contribution in [0.1, 0.15) is 32.3 Å². The Labute approximate surface area is 120 Å². The van der Waals surface area contributed by atoms with Crippen molar-refractivity contribution in [3.63, 3.8) is 0 Å². The van der Waals surface area contributed by atoms with Crippen molar-refractivity contribution in [1.29, 1.82) is 0 Å². The first kappa shape index (κ1) is 21.1. The largest absolute Gasteiger partial charge is 0.508 e. The van der Waals surface area contributed by atoms with E-state index in [2.05, 4.69) is 8.37 Å². The third-order valence-electron chi connectivity index (χ3n) is 1.90. The van der Waals surface area contributed by atoms with Gasteiger partial charge < -0.3 is 5.11 Å².